The number of aliphatic carboxylic acids is 2. The molecule has 1 rings (SSSR count). The van der Waals surface area contributed by atoms with Gasteiger partial charge in [0.25, 0.3) is 5.91 Å². The average molecular weight is 555 g/mol. The molecule has 4 amide bonds. The van der Waals surface area contributed by atoms with Crippen LogP contribution in [0.1, 0.15) is 23.7 Å². The van der Waals surface area contributed by atoms with Crippen LogP contribution < -0.4 is 38.5 Å². The number of benzene rings is 1. The zero-order valence-electron chi connectivity index (χ0n) is 20.3. The van der Waals surface area contributed by atoms with Crippen molar-refractivity contribution in [3.8, 4) is 0 Å². The van der Waals surface area contributed by atoms with E-state index in [1.807, 2.05) is 0 Å². The third-order valence-electron chi connectivity index (χ3n) is 4.54. The van der Waals surface area contributed by atoms with Crippen LogP contribution in [-0.2, 0) is 24.0 Å². The Balaban J connectivity index is 2.72. The number of thioether (sulfide) groups is 1. The molecule has 3 atom stereocenters. The number of guanidine groups is 1. The Morgan fingerprint density at radius 3 is 2.08 bits per heavy atom. The fraction of sp³-hybridized carbons (Fsp3) is 0.381. The third kappa shape index (κ3) is 12.0. The Labute approximate surface area is 221 Å². The molecule has 0 aliphatic heterocycles. The Morgan fingerprint density at radius 1 is 0.947 bits per heavy atom. The second-order valence-corrected chi connectivity index (χ2v) is 8.74. The summed E-state index contributed by atoms with van der Waals surface area (Å²) in [4.78, 5) is 74.7. The summed E-state index contributed by atoms with van der Waals surface area (Å²) >= 11 is 1.01. The van der Waals surface area contributed by atoms with Crippen molar-refractivity contribution in [3.63, 3.8) is 0 Å². The van der Waals surface area contributed by atoms with Gasteiger partial charge in [-0.05, 0) is 24.3 Å². The first-order chi connectivity index (χ1) is 17.8. The molecule has 17 heteroatoms. The molecule has 3 unspecified atom stereocenters. The van der Waals surface area contributed by atoms with Crippen molar-refractivity contribution in [2.45, 2.75) is 31.5 Å². The number of carbonyl (C=O) groups is 6. The summed E-state index contributed by atoms with van der Waals surface area (Å²) in [6, 6.07) is 1.39. The fourth-order valence-electron chi connectivity index (χ4n) is 2.67. The zero-order valence-corrected chi connectivity index (χ0v) is 21.1. The van der Waals surface area contributed by atoms with Gasteiger partial charge in [-0.1, -0.05) is 0 Å². The first kappa shape index (κ1) is 31.6. The highest BCUT2D eigenvalue weighted by Crippen LogP contribution is 2.12. The van der Waals surface area contributed by atoms with Gasteiger partial charge in [0.15, 0.2) is 5.96 Å². The third-order valence-corrected chi connectivity index (χ3v) is 5.46. The summed E-state index contributed by atoms with van der Waals surface area (Å²) in [6.45, 7) is 0.916. The standard InChI is InChI=1S/C21H30N8O8S/c1-10(30)26-9-38-8-15(20(36)37)29-19(35)14(6-16(31)32)28-18(34)13(22)7-25-17(33)11-2-4-12(5-3-11)27-21(23)24/h2-5,13-15H,6-9,22H2,1H3,(H,25,33)(H,26,30)(H,28,34)(H,29,35)(H,31,32)(H,36,37)(H4,23,24,27). The summed E-state index contributed by atoms with van der Waals surface area (Å²) < 4.78 is 0. The van der Waals surface area contributed by atoms with E-state index in [1.165, 1.54) is 31.2 Å². The lowest BCUT2D eigenvalue weighted by Crippen LogP contribution is -2.57. The van der Waals surface area contributed by atoms with Gasteiger partial charge in [0.05, 0.1) is 18.0 Å². The topological polar surface area (TPSA) is 281 Å². The lowest BCUT2D eigenvalue weighted by atomic mass is 10.1. The maximum absolute atomic E-state index is 12.6. The van der Waals surface area contributed by atoms with E-state index in [4.69, 9.17) is 22.3 Å². The van der Waals surface area contributed by atoms with Crippen molar-refractivity contribution in [2.24, 2.45) is 22.2 Å². The van der Waals surface area contributed by atoms with Gasteiger partial charge in [-0.3, -0.25) is 24.0 Å². The largest absolute Gasteiger partial charge is 0.481 e. The van der Waals surface area contributed by atoms with E-state index in [0.29, 0.717) is 5.69 Å². The molecular formula is C21H30N8O8S. The number of aliphatic imine (C=N–C) groups is 1. The number of amides is 4. The molecule has 0 radical (unpaired) electrons. The van der Waals surface area contributed by atoms with E-state index in [2.05, 4.69) is 26.3 Å². The monoisotopic (exact) mass is 554 g/mol. The predicted molar refractivity (Wildman–Crippen MR) is 137 cm³/mol. The molecule has 0 aromatic heterocycles. The number of hydrogen-bond donors (Lipinski definition) is 9. The van der Waals surface area contributed by atoms with Crippen LogP contribution >= 0.6 is 11.8 Å². The van der Waals surface area contributed by atoms with Crippen LogP contribution in [0.4, 0.5) is 5.69 Å². The van der Waals surface area contributed by atoms with Gasteiger partial charge in [0.2, 0.25) is 17.7 Å². The first-order valence-electron chi connectivity index (χ1n) is 10.9. The molecule has 208 valence electrons. The predicted octanol–water partition coefficient (Wildman–Crippen LogP) is -3.00. The van der Waals surface area contributed by atoms with E-state index < -0.39 is 54.2 Å². The maximum atomic E-state index is 12.6. The van der Waals surface area contributed by atoms with Gasteiger partial charge >= 0.3 is 11.9 Å². The second-order valence-electron chi connectivity index (χ2n) is 7.71. The van der Waals surface area contributed by atoms with Crippen molar-refractivity contribution in [1.29, 1.82) is 0 Å². The first-order valence-corrected chi connectivity index (χ1v) is 12.1. The van der Waals surface area contributed by atoms with E-state index in [1.54, 1.807) is 0 Å². The normalized spacial score (nSPS) is 12.7. The van der Waals surface area contributed by atoms with Gasteiger partial charge in [0.1, 0.15) is 18.1 Å². The average Bonchev–Trinajstić information content (AvgIpc) is 2.83. The van der Waals surface area contributed by atoms with Crippen molar-refractivity contribution in [3.05, 3.63) is 29.8 Å². The molecule has 0 spiro atoms. The molecule has 0 heterocycles. The van der Waals surface area contributed by atoms with Crippen LogP contribution in [0.25, 0.3) is 0 Å². The quantitative estimate of drug-likeness (QED) is 0.0454. The SMILES string of the molecule is CC(=O)NCSCC(NC(=O)C(CC(=O)O)NC(=O)C(N)CNC(=O)c1ccc(N=C(N)N)cc1)C(=O)O. The van der Waals surface area contributed by atoms with Gasteiger partial charge < -0.3 is 48.7 Å². The molecule has 38 heavy (non-hydrogen) atoms. The molecular weight excluding hydrogens is 524 g/mol. The Bertz CT molecular complexity index is 1060. The number of nitrogens with two attached hydrogens (primary N) is 3. The van der Waals surface area contributed by atoms with Gasteiger partial charge in [-0.15, -0.1) is 11.8 Å². The molecule has 0 saturated heterocycles. The van der Waals surface area contributed by atoms with Crippen LogP contribution in [0.2, 0.25) is 0 Å². The molecule has 16 nitrogen and oxygen atoms in total. The number of rotatable bonds is 15. The Hall–Kier alpha value is -4.38. The molecule has 12 N–H and O–H groups in total. The van der Waals surface area contributed by atoms with Crippen LogP contribution in [0, 0.1) is 0 Å². The van der Waals surface area contributed by atoms with Crippen LogP contribution in [-0.4, -0.2) is 88.0 Å². The summed E-state index contributed by atoms with van der Waals surface area (Å²) in [5.41, 5.74) is 17.0. The number of carbonyl (C=O) groups excluding carboxylic acids is 4. The molecule has 0 aliphatic carbocycles. The highest BCUT2D eigenvalue weighted by molar-refractivity contribution is 7.99. The minimum atomic E-state index is -1.65. The number of hydrogen-bond acceptors (Lipinski definition) is 9. The Kier molecular flexibility index (Phi) is 13.1. The van der Waals surface area contributed by atoms with E-state index in [-0.39, 0.29) is 35.6 Å². The van der Waals surface area contributed by atoms with E-state index in [0.717, 1.165) is 11.8 Å². The number of carboxylic acids is 2. The summed E-state index contributed by atoms with van der Waals surface area (Å²) in [5, 5.41) is 27.7. The van der Waals surface area contributed by atoms with Gasteiger partial charge in [-0.2, -0.15) is 0 Å². The van der Waals surface area contributed by atoms with Crippen LogP contribution in [0.3, 0.4) is 0 Å². The Morgan fingerprint density at radius 2 is 1.55 bits per heavy atom. The lowest BCUT2D eigenvalue weighted by Gasteiger charge is -2.22. The molecule has 0 bridgehead atoms. The molecule has 1 aromatic carbocycles. The van der Waals surface area contributed by atoms with Crippen molar-refractivity contribution >= 4 is 59.0 Å². The minimum Gasteiger partial charge on any atom is -0.481 e. The van der Waals surface area contributed by atoms with Gasteiger partial charge in [0, 0.05) is 24.8 Å². The highest BCUT2D eigenvalue weighted by atomic mass is 32.2. The minimum absolute atomic E-state index is 0.0886. The number of nitrogens with zero attached hydrogens (tertiary/aromatic N) is 1. The number of carboxylic acid groups (broad SMARTS) is 2. The lowest BCUT2D eigenvalue weighted by molar-refractivity contribution is -0.143. The second kappa shape index (κ2) is 15.7. The van der Waals surface area contributed by atoms with Crippen molar-refractivity contribution in [1.82, 2.24) is 21.3 Å². The summed E-state index contributed by atoms with van der Waals surface area (Å²) in [5.74, 6) is -5.99. The smallest absolute Gasteiger partial charge is 0.327 e. The molecule has 0 saturated carbocycles. The fourth-order valence-corrected chi connectivity index (χ4v) is 3.56. The molecule has 0 aliphatic rings. The summed E-state index contributed by atoms with van der Waals surface area (Å²) in [7, 11) is 0. The zero-order chi connectivity index (χ0) is 28.8. The van der Waals surface area contributed by atoms with Crippen molar-refractivity contribution < 1.29 is 39.0 Å². The molecule has 0 fully saturated rings. The van der Waals surface area contributed by atoms with Crippen molar-refractivity contribution in [2.75, 3.05) is 18.2 Å². The van der Waals surface area contributed by atoms with Gasteiger partial charge in [-0.25, -0.2) is 9.79 Å². The van der Waals surface area contributed by atoms with Crippen LogP contribution in [0.15, 0.2) is 29.3 Å². The highest BCUT2D eigenvalue weighted by Gasteiger charge is 2.29. The number of nitrogens with one attached hydrogen (secondary N) is 4. The summed E-state index contributed by atoms with van der Waals surface area (Å²) in [6.07, 6.45) is -0.857. The van der Waals surface area contributed by atoms with E-state index in [9.17, 15) is 33.9 Å². The molecule has 1 aromatic rings. The van der Waals surface area contributed by atoms with Crippen LogP contribution in [0.5, 0.6) is 0 Å². The maximum Gasteiger partial charge on any atom is 0.327 e. The van der Waals surface area contributed by atoms with E-state index >= 15 is 0 Å².